The molecule has 1 unspecified atom stereocenters. The van der Waals surface area contributed by atoms with Crippen molar-refractivity contribution < 1.29 is 19.4 Å². The molecule has 1 atom stereocenters. The number of fused-ring (bicyclic) bond motifs is 1. The van der Waals surface area contributed by atoms with Crippen LogP contribution in [0, 0.1) is 5.41 Å². The van der Waals surface area contributed by atoms with E-state index in [1.54, 1.807) is 32.9 Å². The van der Waals surface area contributed by atoms with Gasteiger partial charge in [0.05, 0.1) is 5.56 Å². The summed E-state index contributed by atoms with van der Waals surface area (Å²) in [5.41, 5.74) is 0.626. The third-order valence-electron chi connectivity index (χ3n) is 3.13. The zero-order chi connectivity index (χ0) is 15.1. The number of aliphatic carboxylic acids is 1. The molecule has 1 amide bonds. The summed E-state index contributed by atoms with van der Waals surface area (Å²) in [4.78, 5) is 23.2. The molecule has 2 rings (SSSR count). The summed E-state index contributed by atoms with van der Waals surface area (Å²) in [5.74, 6) is -0.984. The first-order valence-corrected chi connectivity index (χ1v) is 7.00. The number of carboxylic acids is 1. The van der Waals surface area contributed by atoms with Crippen molar-refractivity contribution in [2.75, 3.05) is 0 Å². The van der Waals surface area contributed by atoms with Crippen molar-refractivity contribution in [3.8, 4) is 5.75 Å². The van der Waals surface area contributed by atoms with E-state index in [1.165, 1.54) is 0 Å². The predicted molar refractivity (Wildman–Crippen MR) is 76.8 cm³/mol. The molecule has 1 aromatic rings. The van der Waals surface area contributed by atoms with E-state index in [1.807, 2.05) is 0 Å². The number of benzene rings is 1. The summed E-state index contributed by atoms with van der Waals surface area (Å²) in [6, 6.07) is 3.38. The van der Waals surface area contributed by atoms with Crippen molar-refractivity contribution in [3.63, 3.8) is 0 Å². The zero-order valence-electron chi connectivity index (χ0n) is 11.5. The van der Waals surface area contributed by atoms with Gasteiger partial charge in [-0.15, -0.1) is 0 Å². The van der Waals surface area contributed by atoms with Gasteiger partial charge in [-0.25, -0.2) is 4.79 Å². The molecule has 20 heavy (non-hydrogen) atoms. The van der Waals surface area contributed by atoms with Gasteiger partial charge in [0, 0.05) is 22.0 Å². The fourth-order valence-electron chi connectivity index (χ4n) is 2.10. The third kappa shape index (κ3) is 2.65. The smallest absolute Gasteiger partial charge is 0.345 e. The molecule has 0 radical (unpaired) electrons. The number of amides is 1. The second-order valence-corrected chi connectivity index (χ2v) is 6.64. The lowest BCUT2D eigenvalue weighted by molar-refractivity contribution is -0.150. The van der Waals surface area contributed by atoms with Crippen molar-refractivity contribution in [2.45, 2.75) is 33.4 Å². The highest BCUT2D eigenvalue weighted by atomic mass is 79.9. The summed E-state index contributed by atoms with van der Waals surface area (Å²) >= 11 is 3.38. The van der Waals surface area contributed by atoms with E-state index < -0.39 is 17.5 Å². The van der Waals surface area contributed by atoms with Crippen molar-refractivity contribution in [2.24, 2.45) is 5.41 Å². The first-order chi connectivity index (χ1) is 9.21. The summed E-state index contributed by atoms with van der Waals surface area (Å²) in [7, 11) is 0. The van der Waals surface area contributed by atoms with Crippen molar-refractivity contribution in [1.29, 1.82) is 0 Å². The number of nitrogens with one attached hydrogen (secondary N) is 1. The molecule has 0 spiro atoms. The molecular formula is C14H16BrNO4. The fraction of sp³-hybridized carbons (Fsp3) is 0.429. The van der Waals surface area contributed by atoms with Gasteiger partial charge in [-0.1, -0.05) is 36.7 Å². The van der Waals surface area contributed by atoms with Gasteiger partial charge in [-0.05, 0) is 12.1 Å². The van der Waals surface area contributed by atoms with E-state index in [0.29, 0.717) is 17.9 Å². The second-order valence-electron chi connectivity index (χ2n) is 5.78. The van der Waals surface area contributed by atoms with E-state index in [-0.39, 0.29) is 5.91 Å². The van der Waals surface area contributed by atoms with E-state index in [0.717, 1.165) is 10.0 Å². The summed E-state index contributed by atoms with van der Waals surface area (Å²) in [6.45, 7) is 5.76. The first kappa shape index (κ1) is 14.8. The Labute approximate surface area is 125 Å². The highest BCUT2D eigenvalue weighted by molar-refractivity contribution is 9.10. The minimum atomic E-state index is -1.05. The number of halogens is 1. The van der Waals surface area contributed by atoms with Crippen LogP contribution in [-0.2, 0) is 11.3 Å². The molecule has 0 aromatic heterocycles. The topological polar surface area (TPSA) is 75.6 Å². The Bertz CT molecular complexity index is 577. The van der Waals surface area contributed by atoms with Crippen LogP contribution in [0.3, 0.4) is 0 Å². The van der Waals surface area contributed by atoms with Gasteiger partial charge in [0.2, 0.25) is 0 Å². The van der Waals surface area contributed by atoms with Crippen LogP contribution in [0.1, 0.15) is 36.7 Å². The van der Waals surface area contributed by atoms with E-state index in [2.05, 4.69) is 21.2 Å². The molecule has 108 valence electrons. The molecule has 2 N–H and O–H groups in total. The molecule has 0 fully saturated rings. The highest BCUT2D eigenvalue weighted by Crippen LogP contribution is 2.34. The predicted octanol–water partition coefficient (Wildman–Crippen LogP) is 2.57. The van der Waals surface area contributed by atoms with Crippen LogP contribution in [0.2, 0.25) is 0 Å². The molecule has 1 aliphatic rings. The molecule has 1 aliphatic heterocycles. The molecule has 6 heteroatoms. The molecule has 1 aromatic carbocycles. The molecular weight excluding hydrogens is 326 g/mol. The van der Waals surface area contributed by atoms with Crippen LogP contribution in [-0.4, -0.2) is 23.1 Å². The molecule has 0 saturated heterocycles. The quantitative estimate of drug-likeness (QED) is 0.885. The fourth-order valence-corrected chi connectivity index (χ4v) is 2.57. The maximum atomic E-state index is 11.9. The maximum absolute atomic E-state index is 11.9. The van der Waals surface area contributed by atoms with Crippen molar-refractivity contribution >= 4 is 27.8 Å². The SMILES string of the molecule is CC(C)(C)C(Oc1ccc(Br)c2c1C(=O)NC2)C(=O)O. The van der Waals surface area contributed by atoms with Gasteiger partial charge in [-0.3, -0.25) is 4.79 Å². The Hall–Kier alpha value is -1.56. The summed E-state index contributed by atoms with van der Waals surface area (Å²) in [5, 5.41) is 12.0. The van der Waals surface area contributed by atoms with Crippen LogP contribution in [0.25, 0.3) is 0 Å². The monoisotopic (exact) mass is 341 g/mol. The van der Waals surface area contributed by atoms with Gasteiger partial charge in [0.25, 0.3) is 5.91 Å². The Morgan fingerprint density at radius 2 is 2.10 bits per heavy atom. The largest absolute Gasteiger partial charge is 0.478 e. The Morgan fingerprint density at radius 3 is 2.65 bits per heavy atom. The number of hydrogen-bond acceptors (Lipinski definition) is 3. The minimum absolute atomic E-state index is 0.241. The Kier molecular flexibility index (Phi) is 3.77. The Balaban J connectivity index is 2.42. The maximum Gasteiger partial charge on any atom is 0.345 e. The highest BCUT2D eigenvalue weighted by Gasteiger charge is 2.35. The normalized spacial score (nSPS) is 15.5. The van der Waals surface area contributed by atoms with E-state index >= 15 is 0 Å². The summed E-state index contributed by atoms with van der Waals surface area (Å²) < 4.78 is 6.43. The number of hydrogen-bond donors (Lipinski definition) is 2. The summed E-state index contributed by atoms with van der Waals surface area (Å²) in [6.07, 6.45) is -1.03. The average molecular weight is 342 g/mol. The lowest BCUT2D eigenvalue weighted by Gasteiger charge is -2.28. The van der Waals surface area contributed by atoms with E-state index in [4.69, 9.17) is 4.74 Å². The van der Waals surface area contributed by atoms with Crippen LogP contribution in [0.15, 0.2) is 16.6 Å². The number of carboxylic acid groups (broad SMARTS) is 1. The molecule has 0 bridgehead atoms. The van der Waals surface area contributed by atoms with Crippen LogP contribution in [0.5, 0.6) is 5.75 Å². The molecule has 1 heterocycles. The van der Waals surface area contributed by atoms with Crippen molar-refractivity contribution in [1.82, 2.24) is 5.32 Å². The van der Waals surface area contributed by atoms with Gasteiger partial charge < -0.3 is 15.2 Å². The van der Waals surface area contributed by atoms with Gasteiger partial charge in [0.15, 0.2) is 6.10 Å². The van der Waals surface area contributed by atoms with Crippen molar-refractivity contribution in [3.05, 3.63) is 27.7 Å². The molecule has 0 saturated carbocycles. The molecule has 0 aliphatic carbocycles. The van der Waals surface area contributed by atoms with Crippen LogP contribution < -0.4 is 10.1 Å². The van der Waals surface area contributed by atoms with Crippen LogP contribution >= 0.6 is 15.9 Å². The average Bonchev–Trinajstić information content (AvgIpc) is 2.70. The second kappa shape index (κ2) is 5.09. The van der Waals surface area contributed by atoms with E-state index in [9.17, 15) is 14.7 Å². The van der Waals surface area contributed by atoms with Crippen LogP contribution in [0.4, 0.5) is 0 Å². The van der Waals surface area contributed by atoms with Gasteiger partial charge in [0.1, 0.15) is 5.75 Å². The number of carbonyl (C=O) groups excluding carboxylic acids is 1. The van der Waals surface area contributed by atoms with Gasteiger partial charge in [-0.2, -0.15) is 0 Å². The Morgan fingerprint density at radius 1 is 1.45 bits per heavy atom. The molecule has 5 nitrogen and oxygen atoms in total. The standard InChI is InChI=1S/C14H16BrNO4/c1-14(2,3)11(13(18)19)20-9-5-4-8(15)7-6-16-12(17)10(7)9/h4-5,11H,6H2,1-3H3,(H,16,17)(H,18,19). The lowest BCUT2D eigenvalue weighted by atomic mass is 9.89. The number of rotatable bonds is 3. The minimum Gasteiger partial charge on any atom is -0.478 e. The number of carbonyl (C=O) groups is 2. The van der Waals surface area contributed by atoms with Gasteiger partial charge >= 0.3 is 5.97 Å². The zero-order valence-corrected chi connectivity index (χ0v) is 13.1. The number of ether oxygens (including phenoxy) is 1. The lowest BCUT2D eigenvalue weighted by Crippen LogP contribution is -2.39. The first-order valence-electron chi connectivity index (χ1n) is 6.21. The third-order valence-corrected chi connectivity index (χ3v) is 3.87.